The Morgan fingerprint density at radius 2 is 2.07 bits per heavy atom. The number of aliphatic hydroxyl groups excluding tert-OH is 1. The van der Waals surface area contributed by atoms with Crippen LogP contribution in [0.5, 0.6) is 0 Å². The van der Waals surface area contributed by atoms with Crippen molar-refractivity contribution >= 4 is 28.8 Å². The van der Waals surface area contributed by atoms with Crippen molar-refractivity contribution in [3.05, 3.63) is 68.5 Å². The van der Waals surface area contributed by atoms with Crippen molar-refractivity contribution in [2.75, 3.05) is 19.7 Å². The van der Waals surface area contributed by atoms with Gasteiger partial charge in [0.25, 0.3) is 0 Å². The monoisotopic (exact) mass is 416 g/mol. The van der Waals surface area contributed by atoms with E-state index in [1.807, 2.05) is 25.1 Å². The summed E-state index contributed by atoms with van der Waals surface area (Å²) in [4.78, 5) is 7.13. The van der Waals surface area contributed by atoms with Gasteiger partial charge in [0, 0.05) is 29.9 Å². The summed E-state index contributed by atoms with van der Waals surface area (Å²) in [5.74, 6) is 0. The number of benzene rings is 1. The summed E-state index contributed by atoms with van der Waals surface area (Å²) >= 11 is 12.3. The lowest BCUT2D eigenvalue weighted by Gasteiger charge is -2.37. The van der Waals surface area contributed by atoms with Gasteiger partial charge in [-0.05, 0) is 92.1 Å². The van der Waals surface area contributed by atoms with Crippen LogP contribution in [0, 0.1) is 6.92 Å². The van der Waals surface area contributed by atoms with E-state index in [1.165, 1.54) is 22.3 Å². The zero-order valence-electron chi connectivity index (χ0n) is 16.2. The van der Waals surface area contributed by atoms with Crippen molar-refractivity contribution in [2.24, 2.45) is 0 Å². The van der Waals surface area contributed by atoms with Gasteiger partial charge in [-0.3, -0.25) is 9.88 Å². The summed E-state index contributed by atoms with van der Waals surface area (Å²) in [7, 11) is 0. The Bertz CT molecular complexity index is 909. The lowest BCUT2D eigenvalue weighted by atomic mass is 9.91. The topological polar surface area (TPSA) is 36.4 Å². The zero-order chi connectivity index (χ0) is 19.7. The van der Waals surface area contributed by atoms with Crippen molar-refractivity contribution in [1.29, 1.82) is 0 Å². The molecule has 0 fully saturated rings. The fourth-order valence-electron chi connectivity index (χ4n) is 4.66. The third-order valence-electron chi connectivity index (χ3n) is 6.02. The molecular formula is C23H26Cl2N2O. The lowest BCUT2D eigenvalue weighted by Crippen LogP contribution is -2.42. The average Bonchev–Trinajstić information content (AvgIpc) is 3.04. The molecule has 2 aromatic rings. The van der Waals surface area contributed by atoms with Crippen LogP contribution in [-0.4, -0.2) is 40.7 Å². The molecule has 0 bridgehead atoms. The Labute approximate surface area is 177 Å². The Hall–Kier alpha value is -1.39. The summed E-state index contributed by atoms with van der Waals surface area (Å²) in [5.41, 5.74) is 7.64. The predicted molar refractivity (Wildman–Crippen MR) is 116 cm³/mol. The molecular weight excluding hydrogens is 391 g/mol. The number of hydrogen-bond donors (Lipinski definition) is 1. The maximum atomic E-state index is 9.68. The van der Waals surface area contributed by atoms with Gasteiger partial charge in [0.05, 0.1) is 10.7 Å². The highest BCUT2D eigenvalue weighted by Crippen LogP contribution is 2.42. The van der Waals surface area contributed by atoms with Crippen LogP contribution < -0.4 is 0 Å². The van der Waals surface area contributed by atoms with Crippen molar-refractivity contribution < 1.29 is 5.11 Å². The van der Waals surface area contributed by atoms with Gasteiger partial charge in [0.15, 0.2) is 0 Å². The van der Waals surface area contributed by atoms with Crippen molar-refractivity contribution in [1.82, 2.24) is 9.88 Å². The fourth-order valence-corrected chi connectivity index (χ4v) is 4.94. The van der Waals surface area contributed by atoms with E-state index >= 15 is 0 Å². The second-order valence-corrected chi connectivity index (χ2v) is 8.61. The molecule has 0 spiro atoms. The summed E-state index contributed by atoms with van der Waals surface area (Å²) in [5, 5.41) is 11.2. The minimum Gasteiger partial charge on any atom is -0.396 e. The zero-order valence-corrected chi connectivity index (χ0v) is 17.7. The van der Waals surface area contributed by atoms with Crippen LogP contribution in [0.25, 0.3) is 5.57 Å². The summed E-state index contributed by atoms with van der Waals surface area (Å²) in [6.45, 7) is 4.21. The molecule has 148 valence electrons. The highest BCUT2D eigenvalue weighted by atomic mass is 35.5. The van der Waals surface area contributed by atoms with E-state index in [2.05, 4.69) is 22.0 Å². The van der Waals surface area contributed by atoms with E-state index in [-0.39, 0.29) is 6.61 Å². The second kappa shape index (κ2) is 8.54. The van der Waals surface area contributed by atoms with Crippen LogP contribution in [0.1, 0.15) is 41.8 Å². The normalized spacial score (nSPS) is 19.1. The molecule has 1 N–H and O–H groups in total. The number of aryl methyl sites for hydroxylation is 2. The van der Waals surface area contributed by atoms with Crippen molar-refractivity contribution in [2.45, 2.75) is 45.1 Å². The highest BCUT2D eigenvalue weighted by molar-refractivity contribution is 6.31. The molecule has 2 aliphatic rings. The lowest BCUT2D eigenvalue weighted by molar-refractivity contribution is 0.171. The molecule has 1 aliphatic carbocycles. The number of halogens is 2. The molecule has 3 nitrogen and oxygen atoms in total. The molecule has 1 aliphatic heterocycles. The van der Waals surface area contributed by atoms with E-state index in [9.17, 15) is 5.11 Å². The number of hydrogen-bond acceptors (Lipinski definition) is 3. The quantitative estimate of drug-likeness (QED) is 0.711. The number of aromatic nitrogens is 1. The molecule has 0 saturated carbocycles. The molecule has 0 amide bonds. The van der Waals surface area contributed by atoms with E-state index in [0.717, 1.165) is 66.6 Å². The number of fused-ring (bicyclic) bond motifs is 2. The SMILES string of the molecule is Cc1nc(CCCN2CCC3=C(Cc4ccc(Cl)cc43)C2CCO)ccc1Cl. The first-order valence-corrected chi connectivity index (χ1v) is 10.8. The molecule has 5 heteroatoms. The first-order valence-electron chi connectivity index (χ1n) is 10.0. The summed E-state index contributed by atoms with van der Waals surface area (Å²) < 4.78 is 0. The Morgan fingerprint density at radius 3 is 2.86 bits per heavy atom. The molecule has 0 radical (unpaired) electrons. The van der Waals surface area contributed by atoms with Crippen LogP contribution in [0.2, 0.25) is 10.0 Å². The van der Waals surface area contributed by atoms with E-state index < -0.39 is 0 Å². The van der Waals surface area contributed by atoms with Crippen LogP contribution in [-0.2, 0) is 12.8 Å². The van der Waals surface area contributed by atoms with Gasteiger partial charge in [0.1, 0.15) is 0 Å². The smallest absolute Gasteiger partial charge is 0.0618 e. The Balaban J connectivity index is 1.45. The summed E-state index contributed by atoms with van der Waals surface area (Å²) in [6, 6.07) is 10.5. The number of pyridine rings is 1. The third-order valence-corrected chi connectivity index (χ3v) is 6.65. The first kappa shape index (κ1) is 19.9. The van der Waals surface area contributed by atoms with Gasteiger partial charge in [-0.1, -0.05) is 29.3 Å². The maximum absolute atomic E-state index is 9.68. The number of rotatable bonds is 6. The maximum Gasteiger partial charge on any atom is 0.0618 e. The van der Waals surface area contributed by atoms with Gasteiger partial charge in [-0.25, -0.2) is 0 Å². The minimum absolute atomic E-state index is 0.215. The molecule has 1 unspecified atom stereocenters. The van der Waals surface area contributed by atoms with Crippen LogP contribution in [0.3, 0.4) is 0 Å². The first-order chi connectivity index (χ1) is 13.6. The van der Waals surface area contributed by atoms with Gasteiger partial charge in [-0.2, -0.15) is 0 Å². The largest absolute Gasteiger partial charge is 0.396 e. The summed E-state index contributed by atoms with van der Waals surface area (Å²) in [6.07, 6.45) is 4.84. The van der Waals surface area contributed by atoms with Gasteiger partial charge >= 0.3 is 0 Å². The molecule has 1 atom stereocenters. The molecule has 4 rings (SSSR count). The van der Waals surface area contributed by atoms with E-state index in [1.54, 1.807) is 0 Å². The predicted octanol–water partition coefficient (Wildman–Crippen LogP) is 5.10. The molecule has 2 heterocycles. The van der Waals surface area contributed by atoms with Crippen LogP contribution in [0.4, 0.5) is 0 Å². The Kier molecular flexibility index (Phi) is 6.07. The average molecular weight is 417 g/mol. The molecule has 1 aromatic carbocycles. The van der Waals surface area contributed by atoms with Crippen molar-refractivity contribution in [3.8, 4) is 0 Å². The number of aliphatic hydroxyl groups is 1. The van der Waals surface area contributed by atoms with Gasteiger partial charge in [-0.15, -0.1) is 0 Å². The van der Waals surface area contributed by atoms with E-state index in [0.29, 0.717) is 6.04 Å². The van der Waals surface area contributed by atoms with Gasteiger partial charge in [0.2, 0.25) is 0 Å². The minimum atomic E-state index is 0.215. The second-order valence-electron chi connectivity index (χ2n) is 7.77. The third kappa shape index (κ3) is 3.99. The molecule has 0 saturated heterocycles. The van der Waals surface area contributed by atoms with Crippen LogP contribution in [0.15, 0.2) is 35.9 Å². The highest BCUT2D eigenvalue weighted by Gasteiger charge is 2.33. The van der Waals surface area contributed by atoms with Gasteiger partial charge < -0.3 is 5.11 Å². The standard InChI is InChI=1S/C23H26Cl2N2O/c1-15-22(25)7-6-18(26-15)3-2-10-27-11-8-19-20-14-17(24)5-4-16(20)13-21(19)23(27)9-12-28/h4-7,14,23,28H,2-3,8-13H2,1H3. The molecule has 1 aromatic heterocycles. The van der Waals surface area contributed by atoms with Crippen molar-refractivity contribution in [3.63, 3.8) is 0 Å². The number of nitrogens with zero attached hydrogens (tertiary/aromatic N) is 2. The van der Waals surface area contributed by atoms with E-state index in [4.69, 9.17) is 23.2 Å². The fraction of sp³-hybridized carbons (Fsp3) is 0.435. The molecule has 28 heavy (non-hydrogen) atoms. The Morgan fingerprint density at radius 1 is 1.21 bits per heavy atom. The van der Waals surface area contributed by atoms with Crippen LogP contribution >= 0.6 is 23.2 Å².